The molecular weight excluding hydrogens is 323 g/mol. The highest BCUT2D eigenvalue weighted by Crippen LogP contribution is 2.08. The summed E-state index contributed by atoms with van der Waals surface area (Å²) in [5, 5.41) is 3.45. The minimum atomic E-state index is 0.889. The van der Waals surface area contributed by atoms with Gasteiger partial charge >= 0.3 is 0 Å². The van der Waals surface area contributed by atoms with Crippen molar-refractivity contribution in [2.75, 3.05) is 0 Å². The molecule has 1 aromatic heterocycles. The lowest BCUT2D eigenvalue weighted by Gasteiger charge is -2.07. The van der Waals surface area contributed by atoms with Crippen LogP contribution in [0, 0.1) is 10.5 Å². The molecule has 0 aliphatic rings. The van der Waals surface area contributed by atoms with Gasteiger partial charge in [0.05, 0.1) is 0 Å². The summed E-state index contributed by atoms with van der Waals surface area (Å²) in [7, 11) is 0. The number of aryl methyl sites for hydroxylation is 1. The van der Waals surface area contributed by atoms with Gasteiger partial charge in [0.25, 0.3) is 0 Å². The second-order valence-corrected chi connectivity index (χ2v) is 5.28. The van der Waals surface area contributed by atoms with Crippen LogP contribution in [-0.4, -0.2) is 4.98 Å². The van der Waals surface area contributed by atoms with Gasteiger partial charge in [0.15, 0.2) is 0 Å². The van der Waals surface area contributed by atoms with Crippen LogP contribution in [0.4, 0.5) is 0 Å². The van der Waals surface area contributed by atoms with Gasteiger partial charge in [-0.05, 0) is 64.4 Å². The van der Waals surface area contributed by atoms with Crippen LogP contribution in [0.1, 0.15) is 16.7 Å². The average molecular weight is 338 g/mol. The quantitative estimate of drug-likeness (QED) is 0.866. The Morgan fingerprint density at radius 3 is 2.59 bits per heavy atom. The molecule has 0 aliphatic carbocycles. The molecule has 2 nitrogen and oxygen atoms in total. The number of aromatic nitrogens is 1. The van der Waals surface area contributed by atoms with Gasteiger partial charge in [-0.1, -0.05) is 12.1 Å². The molecule has 0 amide bonds. The maximum absolute atomic E-state index is 4.09. The molecule has 0 aliphatic heterocycles. The third-order valence-electron chi connectivity index (χ3n) is 2.69. The van der Waals surface area contributed by atoms with Gasteiger partial charge < -0.3 is 5.32 Å². The molecule has 1 N–H and O–H groups in total. The van der Waals surface area contributed by atoms with Crippen LogP contribution in [0.2, 0.25) is 0 Å². The summed E-state index contributed by atoms with van der Waals surface area (Å²) in [6.45, 7) is 3.88. The van der Waals surface area contributed by atoms with Crippen molar-refractivity contribution < 1.29 is 0 Å². The fraction of sp³-hybridized carbons (Fsp3) is 0.214. The molecule has 0 saturated heterocycles. The topological polar surface area (TPSA) is 24.9 Å². The molecule has 1 heterocycles. The highest BCUT2D eigenvalue weighted by molar-refractivity contribution is 14.1. The molecule has 0 unspecified atom stereocenters. The lowest BCUT2D eigenvalue weighted by molar-refractivity contribution is 0.689. The Balaban J connectivity index is 1.88. The summed E-state index contributed by atoms with van der Waals surface area (Å²) in [6, 6.07) is 10.7. The van der Waals surface area contributed by atoms with E-state index in [1.54, 1.807) is 0 Å². The maximum atomic E-state index is 4.09. The van der Waals surface area contributed by atoms with Crippen molar-refractivity contribution in [2.45, 2.75) is 20.0 Å². The van der Waals surface area contributed by atoms with E-state index < -0.39 is 0 Å². The molecule has 1 aromatic carbocycles. The molecule has 0 bridgehead atoms. The lowest BCUT2D eigenvalue weighted by Crippen LogP contribution is -2.13. The normalized spacial score (nSPS) is 10.5. The van der Waals surface area contributed by atoms with E-state index in [-0.39, 0.29) is 0 Å². The van der Waals surface area contributed by atoms with Crippen molar-refractivity contribution in [3.05, 3.63) is 63.0 Å². The van der Waals surface area contributed by atoms with E-state index in [0.717, 1.165) is 13.1 Å². The molecule has 0 radical (unpaired) electrons. The molecule has 0 atom stereocenters. The van der Waals surface area contributed by atoms with Crippen LogP contribution in [0.25, 0.3) is 0 Å². The van der Waals surface area contributed by atoms with Gasteiger partial charge in [-0.15, -0.1) is 0 Å². The highest BCUT2D eigenvalue weighted by atomic mass is 127. The van der Waals surface area contributed by atoms with Crippen molar-refractivity contribution in [3.8, 4) is 0 Å². The first-order valence-corrected chi connectivity index (χ1v) is 6.68. The van der Waals surface area contributed by atoms with E-state index >= 15 is 0 Å². The van der Waals surface area contributed by atoms with Crippen molar-refractivity contribution in [1.29, 1.82) is 0 Å². The number of benzene rings is 1. The average Bonchev–Trinajstić information content (AvgIpc) is 2.34. The van der Waals surface area contributed by atoms with E-state index in [9.17, 15) is 0 Å². The smallest absolute Gasteiger partial charge is 0.0300 e. The number of rotatable bonds is 4. The van der Waals surface area contributed by atoms with Gasteiger partial charge in [-0.2, -0.15) is 0 Å². The van der Waals surface area contributed by atoms with Gasteiger partial charge in [0.2, 0.25) is 0 Å². The minimum absolute atomic E-state index is 0.889. The second kappa shape index (κ2) is 6.12. The first kappa shape index (κ1) is 12.5. The third kappa shape index (κ3) is 3.78. The zero-order valence-electron chi connectivity index (χ0n) is 9.78. The largest absolute Gasteiger partial charge is 0.309 e. The molecule has 3 heteroatoms. The lowest BCUT2D eigenvalue weighted by atomic mass is 10.1. The van der Waals surface area contributed by atoms with Crippen LogP contribution >= 0.6 is 22.6 Å². The maximum Gasteiger partial charge on any atom is 0.0300 e. The first-order chi connectivity index (χ1) is 8.25. The van der Waals surface area contributed by atoms with Crippen LogP contribution in [0.5, 0.6) is 0 Å². The Labute approximate surface area is 116 Å². The van der Waals surface area contributed by atoms with Crippen LogP contribution < -0.4 is 5.32 Å². The number of hydrogen-bond donors (Lipinski definition) is 1. The summed E-state index contributed by atoms with van der Waals surface area (Å²) in [5.74, 6) is 0. The molecule has 17 heavy (non-hydrogen) atoms. The van der Waals surface area contributed by atoms with Crippen molar-refractivity contribution in [1.82, 2.24) is 10.3 Å². The SMILES string of the molecule is Cc1cnccc1CNCc1ccc(I)cc1. The zero-order valence-corrected chi connectivity index (χ0v) is 11.9. The van der Waals surface area contributed by atoms with E-state index in [4.69, 9.17) is 0 Å². The Bertz CT molecular complexity index is 480. The Morgan fingerprint density at radius 1 is 1.12 bits per heavy atom. The number of pyridine rings is 1. The Hall–Kier alpha value is -0.940. The van der Waals surface area contributed by atoms with Crippen LogP contribution in [0.15, 0.2) is 42.7 Å². The number of hydrogen-bond acceptors (Lipinski definition) is 2. The van der Waals surface area contributed by atoms with Crippen LogP contribution in [0.3, 0.4) is 0 Å². The van der Waals surface area contributed by atoms with Crippen molar-refractivity contribution in [2.24, 2.45) is 0 Å². The Morgan fingerprint density at radius 2 is 1.88 bits per heavy atom. The molecule has 88 valence electrons. The molecular formula is C14H15IN2. The van der Waals surface area contributed by atoms with Crippen molar-refractivity contribution >= 4 is 22.6 Å². The van der Waals surface area contributed by atoms with E-state index in [0.29, 0.717) is 0 Å². The van der Waals surface area contributed by atoms with Crippen LogP contribution in [-0.2, 0) is 13.1 Å². The Kier molecular flexibility index (Phi) is 4.50. The summed E-state index contributed by atoms with van der Waals surface area (Å²) < 4.78 is 1.27. The molecule has 2 aromatic rings. The van der Waals surface area contributed by atoms with E-state index in [1.807, 2.05) is 12.4 Å². The van der Waals surface area contributed by atoms with Gasteiger partial charge in [-0.3, -0.25) is 4.98 Å². The fourth-order valence-electron chi connectivity index (χ4n) is 1.64. The standard InChI is InChI=1S/C14H15IN2/c1-11-8-16-7-6-13(11)10-17-9-12-2-4-14(15)5-3-12/h2-8,17H,9-10H2,1H3. The summed E-state index contributed by atoms with van der Waals surface area (Å²) in [6.07, 6.45) is 3.75. The second-order valence-electron chi connectivity index (χ2n) is 4.03. The molecule has 2 rings (SSSR count). The molecule has 0 spiro atoms. The van der Waals surface area contributed by atoms with Gasteiger partial charge in [0.1, 0.15) is 0 Å². The van der Waals surface area contributed by atoms with Gasteiger partial charge in [-0.25, -0.2) is 0 Å². The monoisotopic (exact) mass is 338 g/mol. The highest BCUT2D eigenvalue weighted by Gasteiger charge is 1.97. The minimum Gasteiger partial charge on any atom is -0.309 e. The number of halogens is 1. The van der Waals surface area contributed by atoms with E-state index in [2.05, 4.69) is 70.1 Å². The number of nitrogens with zero attached hydrogens (tertiary/aromatic N) is 1. The molecule has 0 saturated carbocycles. The summed E-state index contributed by atoms with van der Waals surface area (Å²) >= 11 is 2.32. The fourth-order valence-corrected chi connectivity index (χ4v) is 2.00. The molecule has 0 fully saturated rings. The zero-order chi connectivity index (χ0) is 12.1. The van der Waals surface area contributed by atoms with Crippen molar-refractivity contribution in [3.63, 3.8) is 0 Å². The predicted octanol–water partition coefficient (Wildman–Crippen LogP) is 3.28. The van der Waals surface area contributed by atoms with Gasteiger partial charge in [0, 0.05) is 29.1 Å². The van der Waals surface area contributed by atoms with E-state index in [1.165, 1.54) is 20.3 Å². The summed E-state index contributed by atoms with van der Waals surface area (Å²) in [4.78, 5) is 4.09. The number of nitrogens with one attached hydrogen (secondary N) is 1. The first-order valence-electron chi connectivity index (χ1n) is 5.60. The third-order valence-corrected chi connectivity index (χ3v) is 3.41. The summed E-state index contributed by atoms with van der Waals surface area (Å²) in [5.41, 5.74) is 3.87. The predicted molar refractivity (Wildman–Crippen MR) is 78.7 cm³/mol.